The van der Waals surface area contributed by atoms with Crippen molar-refractivity contribution in [1.82, 2.24) is 14.5 Å². The average molecular weight is 970 g/mol. The molecule has 0 fully saturated rings. The Morgan fingerprint density at radius 3 is 1.16 bits per heavy atom. The minimum absolute atomic E-state index is 0.191. The average Bonchev–Trinajstić information content (AvgIpc) is 3.71. The highest BCUT2D eigenvalue weighted by Gasteiger charge is 2.33. The first kappa shape index (κ1) is 46.8. The molecule has 0 aliphatic heterocycles. The predicted molar refractivity (Wildman–Crippen MR) is 283 cm³/mol. The second-order valence-electron chi connectivity index (χ2n) is 18.7. The fourth-order valence-corrected chi connectivity index (χ4v) is 10.1. The van der Waals surface area contributed by atoms with Gasteiger partial charge in [-0.2, -0.15) is 26.3 Å². The summed E-state index contributed by atoms with van der Waals surface area (Å²) in [6, 6.07) is 59.6. The minimum Gasteiger partial charge on any atom is -0.308 e. The van der Waals surface area contributed by atoms with Gasteiger partial charge < -0.3 is 4.57 Å². The van der Waals surface area contributed by atoms with Crippen molar-refractivity contribution in [3.05, 3.63) is 234 Å². The van der Waals surface area contributed by atoms with Gasteiger partial charge in [-0.3, -0.25) is 0 Å². The van der Waals surface area contributed by atoms with E-state index in [9.17, 15) is 26.3 Å². The number of nitrogens with zero attached hydrogens (tertiary/aromatic N) is 3. The molecule has 2 aromatic heterocycles. The van der Waals surface area contributed by atoms with Crippen molar-refractivity contribution in [1.29, 1.82) is 0 Å². The summed E-state index contributed by atoms with van der Waals surface area (Å²) in [5, 5.41) is 1.69. The number of hydrogen-bond acceptors (Lipinski definition) is 2. The van der Waals surface area contributed by atoms with Crippen LogP contribution in [0.4, 0.5) is 26.3 Å². The molecular formula is C64H45F6N3. The van der Waals surface area contributed by atoms with Crippen molar-refractivity contribution in [2.45, 2.75) is 40.0 Å². The van der Waals surface area contributed by atoms with Crippen LogP contribution in [-0.4, -0.2) is 14.5 Å². The fraction of sp³-hybridized carbons (Fsp3) is 0.0938. The summed E-state index contributed by atoms with van der Waals surface area (Å²) in [5.41, 5.74) is 12.6. The number of rotatable bonds is 8. The van der Waals surface area contributed by atoms with Crippen LogP contribution in [0.2, 0.25) is 0 Å². The van der Waals surface area contributed by atoms with E-state index in [-0.39, 0.29) is 17.0 Å². The fourth-order valence-electron chi connectivity index (χ4n) is 10.1. The first-order valence-electron chi connectivity index (χ1n) is 23.8. The molecule has 0 amide bonds. The Balaban J connectivity index is 1.29. The van der Waals surface area contributed by atoms with Crippen LogP contribution in [0.3, 0.4) is 0 Å². The molecule has 2 heterocycles. The highest BCUT2D eigenvalue weighted by molar-refractivity contribution is 6.13. The van der Waals surface area contributed by atoms with Crippen LogP contribution in [0.15, 0.2) is 200 Å². The second-order valence-corrected chi connectivity index (χ2v) is 18.7. The number of benzene rings is 9. The summed E-state index contributed by atoms with van der Waals surface area (Å²) < 4.78 is 91.1. The van der Waals surface area contributed by atoms with Crippen molar-refractivity contribution in [3.8, 4) is 84.1 Å². The van der Waals surface area contributed by atoms with E-state index in [2.05, 4.69) is 62.4 Å². The molecule has 0 radical (unpaired) electrons. The van der Waals surface area contributed by atoms with Crippen molar-refractivity contribution in [3.63, 3.8) is 0 Å². The maximum Gasteiger partial charge on any atom is 0.416 e. The lowest BCUT2D eigenvalue weighted by Gasteiger charge is -2.22. The highest BCUT2D eigenvalue weighted by atomic mass is 19.4. The van der Waals surface area contributed by atoms with Gasteiger partial charge >= 0.3 is 12.4 Å². The number of aromatic nitrogens is 3. The molecule has 0 spiro atoms. The van der Waals surface area contributed by atoms with Crippen molar-refractivity contribution < 1.29 is 26.3 Å². The number of hydrogen-bond donors (Lipinski definition) is 0. The van der Waals surface area contributed by atoms with Gasteiger partial charge in [0.05, 0.1) is 39.2 Å². The summed E-state index contributed by atoms with van der Waals surface area (Å²) in [7, 11) is 0. The molecule has 9 aromatic carbocycles. The zero-order valence-electron chi connectivity index (χ0n) is 40.2. The molecule has 358 valence electrons. The lowest BCUT2D eigenvalue weighted by Crippen LogP contribution is -2.07. The lowest BCUT2D eigenvalue weighted by molar-refractivity contribution is -0.138. The van der Waals surface area contributed by atoms with E-state index in [1.54, 1.807) is 24.3 Å². The molecule has 11 aromatic rings. The third-order valence-electron chi connectivity index (χ3n) is 13.6. The highest BCUT2D eigenvalue weighted by Crippen LogP contribution is 2.47. The Kier molecular flexibility index (Phi) is 11.7. The quantitative estimate of drug-likeness (QED) is 0.142. The van der Waals surface area contributed by atoms with Crippen LogP contribution < -0.4 is 0 Å². The number of alkyl halides is 6. The largest absolute Gasteiger partial charge is 0.416 e. The second kappa shape index (κ2) is 18.2. The van der Waals surface area contributed by atoms with Gasteiger partial charge in [-0.25, -0.2) is 9.97 Å². The summed E-state index contributed by atoms with van der Waals surface area (Å²) in [6.07, 6.45) is -9.42. The predicted octanol–water partition coefficient (Wildman–Crippen LogP) is 18.5. The molecule has 0 saturated heterocycles. The molecule has 3 nitrogen and oxygen atoms in total. The Bertz CT molecular complexity index is 3680. The van der Waals surface area contributed by atoms with Gasteiger partial charge in [0.1, 0.15) is 0 Å². The molecule has 0 atom stereocenters. The van der Waals surface area contributed by atoms with Crippen LogP contribution >= 0.6 is 0 Å². The topological polar surface area (TPSA) is 30.7 Å². The van der Waals surface area contributed by atoms with Gasteiger partial charge in [0.2, 0.25) is 0 Å². The molecule has 9 heteroatoms. The van der Waals surface area contributed by atoms with Crippen LogP contribution in [-0.2, 0) is 12.4 Å². The molecule has 0 bridgehead atoms. The molecule has 11 rings (SSSR count). The maximum atomic E-state index is 14.9. The third kappa shape index (κ3) is 8.96. The van der Waals surface area contributed by atoms with E-state index in [1.807, 2.05) is 109 Å². The van der Waals surface area contributed by atoms with Gasteiger partial charge in [0.15, 0.2) is 5.82 Å². The number of fused-ring (bicyclic) bond motifs is 3. The van der Waals surface area contributed by atoms with Crippen molar-refractivity contribution >= 4 is 21.8 Å². The van der Waals surface area contributed by atoms with Crippen LogP contribution in [0.5, 0.6) is 0 Å². The Morgan fingerprint density at radius 1 is 0.342 bits per heavy atom. The van der Waals surface area contributed by atoms with Crippen LogP contribution in [0, 0.1) is 27.7 Å². The van der Waals surface area contributed by atoms with Crippen LogP contribution in [0.25, 0.3) is 106 Å². The lowest BCUT2D eigenvalue weighted by atomic mass is 9.91. The molecular weight excluding hydrogens is 925 g/mol. The minimum atomic E-state index is -4.71. The normalized spacial score (nSPS) is 12.0. The third-order valence-corrected chi connectivity index (χ3v) is 13.6. The first-order valence-corrected chi connectivity index (χ1v) is 23.8. The summed E-state index contributed by atoms with van der Waals surface area (Å²) in [5.74, 6) is 0.228. The van der Waals surface area contributed by atoms with E-state index >= 15 is 0 Å². The zero-order chi connectivity index (χ0) is 50.8. The summed E-state index contributed by atoms with van der Waals surface area (Å²) in [6.45, 7) is 8.23. The van der Waals surface area contributed by atoms with E-state index in [0.717, 1.165) is 90.7 Å². The zero-order valence-corrected chi connectivity index (χ0v) is 40.2. The van der Waals surface area contributed by atoms with Crippen molar-refractivity contribution in [2.24, 2.45) is 0 Å². The Morgan fingerprint density at radius 2 is 0.753 bits per heavy atom. The summed E-state index contributed by atoms with van der Waals surface area (Å²) >= 11 is 0. The van der Waals surface area contributed by atoms with E-state index in [4.69, 9.17) is 9.97 Å². The van der Waals surface area contributed by atoms with Gasteiger partial charge in [0, 0.05) is 38.6 Å². The molecule has 0 saturated carbocycles. The Labute approximate surface area is 418 Å². The maximum absolute atomic E-state index is 14.9. The first-order chi connectivity index (χ1) is 35.1. The van der Waals surface area contributed by atoms with Gasteiger partial charge in [0.25, 0.3) is 0 Å². The number of halogens is 6. The van der Waals surface area contributed by atoms with Gasteiger partial charge in [-0.05, 0) is 139 Å². The van der Waals surface area contributed by atoms with E-state index in [1.165, 1.54) is 12.1 Å². The molecule has 0 aliphatic carbocycles. The number of aryl methyl sites for hydroxylation is 4. The molecule has 73 heavy (non-hydrogen) atoms. The molecule has 0 aliphatic rings. The molecule has 0 unspecified atom stereocenters. The van der Waals surface area contributed by atoms with Crippen LogP contribution in [0.1, 0.15) is 33.4 Å². The van der Waals surface area contributed by atoms with Gasteiger partial charge in [-0.15, -0.1) is 0 Å². The Hall–Kier alpha value is -8.56. The van der Waals surface area contributed by atoms with Crippen molar-refractivity contribution in [2.75, 3.05) is 0 Å². The smallest absolute Gasteiger partial charge is 0.308 e. The SMILES string of the molecule is Cc1ccc(-c2ccc3c(c2)c2cc(-c4ccc(C)cc4C)ccc2n3-c2c(-c3cccc(C(F)(F)F)c3)cc(-c3nc(-c4ccccc4)cc(-c4ccccc4)n3)cc2-c2cccc(C(F)(F)F)c2)c(C)c1. The van der Waals surface area contributed by atoms with Gasteiger partial charge in [-0.1, -0.05) is 145 Å². The summed E-state index contributed by atoms with van der Waals surface area (Å²) in [4.78, 5) is 10.2. The monoisotopic (exact) mass is 969 g/mol. The van der Waals surface area contributed by atoms with E-state index in [0.29, 0.717) is 44.8 Å². The standard InChI is InChI=1S/C64H45F6N3/c1-38-21-25-51(40(3)29-38)46-23-27-59-55(33-46)56-34-47(52-26-22-39(2)30-41(52)4)24-28-60(56)73(59)61-53(44-17-11-19-49(31-44)63(65,66)67)35-48(36-54(61)45-18-12-20-50(32-45)64(68,69)70)62-71-57(42-13-7-5-8-14-42)37-58(72-62)43-15-9-6-10-16-43/h5-37H,1-4H3. The van der Waals surface area contributed by atoms with E-state index < -0.39 is 23.5 Å². The molecule has 0 N–H and O–H groups in total.